The second-order valence-electron chi connectivity index (χ2n) is 4.97. The number of nitrogens with zero attached hydrogens (tertiary/aromatic N) is 1. The number of rotatable bonds is 4. The zero-order valence-corrected chi connectivity index (χ0v) is 11.3. The van der Waals surface area contributed by atoms with Gasteiger partial charge in [0.15, 0.2) is 0 Å². The first-order chi connectivity index (χ1) is 9.88. The summed E-state index contributed by atoms with van der Waals surface area (Å²) in [5, 5.41) is 5.06. The van der Waals surface area contributed by atoms with Crippen LogP contribution in [-0.2, 0) is 16.1 Å². The Morgan fingerprint density at radius 1 is 1.10 bits per heavy atom. The van der Waals surface area contributed by atoms with E-state index in [0.29, 0.717) is 0 Å². The Bertz CT molecular complexity index is 606. The number of hydrogen-bond acceptors (Lipinski definition) is 3. The molecule has 1 heterocycles. The lowest BCUT2D eigenvalue weighted by Gasteiger charge is -2.27. The molecule has 1 aliphatic heterocycles. The molecule has 2 aromatic carbocycles. The van der Waals surface area contributed by atoms with E-state index in [9.17, 15) is 4.79 Å². The van der Waals surface area contributed by atoms with Crippen molar-refractivity contribution in [2.24, 2.45) is 0 Å². The highest BCUT2D eigenvalue weighted by Crippen LogP contribution is 2.27. The summed E-state index contributed by atoms with van der Waals surface area (Å²) >= 11 is 0. The fourth-order valence-corrected chi connectivity index (χ4v) is 2.69. The van der Waals surface area contributed by atoms with Crippen LogP contribution in [0.2, 0.25) is 0 Å². The molecule has 1 saturated heterocycles. The van der Waals surface area contributed by atoms with E-state index in [1.807, 2.05) is 24.3 Å². The topological polar surface area (TPSA) is 41.6 Å². The molecule has 20 heavy (non-hydrogen) atoms. The number of fused-ring (bicyclic) bond motifs is 1. The first kappa shape index (κ1) is 13.1. The molecule has 0 radical (unpaired) electrons. The Kier molecular flexibility index (Phi) is 3.95. The van der Waals surface area contributed by atoms with Crippen molar-refractivity contribution in [1.82, 2.24) is 4.90 Å². The zero-order valence-electron chi connectivity index (χ0n) is 11.3. The Labute approximate surface area is 118 Å². The summed E-state index contributed by atoms with van der Waals surface area (Å²) in [5.41, 5.74) is 2.15. The maximum Gasteiger partial charge on any atom is 0.211 e. The standard InChI is InChI=1S/C16H18N2O2/c19-12-17-16-6-5-13(11-18-7-9-20-10-8-18)14-3-1-2-4-15(14)16/h1-6,12H,7-11H2,(H,17,19). The molecule has 0 unspecified atom stereocenters. The van der Waals surface area contributed by atoms with Gasteiger partial charge in [-0.25, -0.2) is 0 Å². The van der Waals surface area contributed by atoms with Gasteiger partial charge in [-0.2, -0.15) is 0 Å². The summed E-state index contributed by atoms with van der Waals surface area (Å²) in [5.74, 6) is 0. The normalized spacial score (nSPS) is 16.2. The summed E-state index contributed by atoms with van der Waals surface area (Å²) in [6.07, 6.45) is 0.726. The predicted molar refractivity (Wildman–Crippen MR) is 79.7 cm³/mol. The molecule has 0 bridgehead atoms. The molecule has 4 nitrogen and oxygen atoms in total. The molecule has 104 valence electrons. The molecule has 0 atom stereocenters. The molecule has 1 fully saturated rings. The molecular weight excluding hydrogens is 252 g/mol. The third kappa shape index (κ3) is 2.66. The van der Waals surface area contributed by atoms with E-state index in [-0.39, 0.29) is 0 Å². The lowest BCUT2D eigenvalue weighted by atomic mass is 10.0. The van der Waals surface area contributed by atoms with Crippen molar-refractivity contribution in [3.63, 3.8) is 0 Å². The van der Waals surface area contributed by atoms with Gasteiger partial charge in [0, 0.05) is 30.7 Å². The van der Waals surface area contributed by atoms with Crippen LogP contribution in [0.3, 0.4) is 0 Å². The maximum absolute atomic E-state index is 10.7. The van der Waals surface area contributed by atoms with Crippen molar-refractivity contribution in [3.8, 4) is 0 Å². The third-order valence-electron chi connectivity index (χ3n) is 3.73. The number of morpholine rings is 1. The second kappa shape index (κ2) is 6.03. The average molecular weight is 270 g/mol. The van der Waals surface area contributed by atoms with Gasteiger partial charge < -0.3 is 10.1 Å². The second-order valence-corrected chi connectivity index (χ2v) is 4.97. The Morgan fingerprint density at radius 3 is 2.60 bits per heavy atom. The molecule has 1 N–H and O–H groups in total. The fraction of sp³-hybridized carbons (Fsp3) is 0.312. The summed E-state index contributed by atoms with van der Waals surface area (Å²) in [4.78, 5) is 13.1. The summed E-state index contributed by atoms with van der Waals surface area (Å²) in [6, 6.07) is 12.3. The zero-order chi connectivity index (χ0) is 13.8. The van der Waals surface area contributed by atoms with Crippen molar-refractivity contribution in [2.75, 3.05) is 31.6 Å². The Balaban J connectivity index is 1.94. The number of benzene rings is 2. The summed E-state index contributed by atoms with van der Waals surface area (Å²) < 4.78 is 5.39. The Hall–Kier alpha value is -1.91. The van der Waals surface area contributed by atoms with E-state index in [1.54, 1.807) is 0 Å². The lowest BCUT2D eigenvalue weighted by molar-refractivity contribution is -0.105. The van der Waals surface area contributed by atoms with Crippen LogP contribution in [0.1, 0.15) is 5.56 Å². The van der Waals surface area contributed by atoms with Crippen molar-refractivity contribution in [2.45, 2.75) is 6.54 Å². The lowest BCUT2D eigenvalue weighted by Crippen LogP contribution is -2.35. The van der Waals surface area contributed by atoms with Crippen LogP contribution in [0, 0.1) is 0 Å². The first-order valence-electron chi connectivity index (χ1n) is 6.89. The highest BCUT2D eigenvalue weighted by Gasteiger charge is 2.13. The average Bonchev–Trinajstić information content (AvgIpc) is 2.51. The van der Waals surface area contributed by atoms with E-state index in [4.69, 9.17) is 4.74 Å². The van der Waals surface area contributed by atoms with Crippen LogP contribution in [0.25, 0.3) is 10.8 Å². The number of anilines is 1. The molecule has 1 amide bonds. The monoisotopic (exact) mass is 270 g/mol. The minimum Gasteiger partial charge on any atom is -0.379 e. The van der Waals surface area contributed by atoms with E-state index in [1.165, 1.54) is 10.9 Å². The molecule has 0 aliphatic carbocycles. The van der Waals surface area contributed by atoms with Crippen molar-refractivity contribution < 1.29 is 9.53 Å². The quantitative estimate of drug-likeness (QED) is 0.866. The van der Waals surface area contributed by atoms with Crippen LogP contribution in [-0.4, -0.2) is 37.6 Å². The van der Waals surface area contributed by atoms with Gasteiger partial charge in [-0.3, -0.25) is 9.69 Å². The summed E-state index contributed by atoms with van der Waals surface area (Å²) in [6.45, 7) is 4.49. The minimum atomic E-state index is 0.726. The maximum atomic E-state index is 10.7. The van der Waals surface area contributed by atoms with Crippen LogP contribution >= 0.6 is 0 Å². The van der Waals surface area contributed by atoms with E-state index in [2.05, 4.69) is 22.3 Å². The highest BCUT2D eigenvalue weighted by atomic mass is 16.5. The number of hydrogen-bond donors (Lipinski definition) is 1. The van der Waals surface area contributed by atoms with E-state index >= 15 is 0 Å². The first-order valence-corrected chi connectivity index (χ1v) is 6.89. The van der Waals surface area contributed by atoms with Gasteiger partial charge >= 0.3 is 0 Å². The number of carbonyl (C=O) groups excluding carboxylic acids is 1. The van der Waals surface area contributed by atoms with Crippen molar-refractivity contribution in [1.29, 1.82) is 0 Å². The van der Waals surface area contributed by atoms with Gasteiger partial charge in [-0.15, -0.1) is 0 Å². The number of nitrogens with one attached hydrogen (secondary N) is 1. The van der Waals surface area contributed by atoms with Crippen LogP contribution in [0.4, 0.5) is 5.69 Å². The van der Waals surface area contributed by atoms with Gasteiger partial charge in [0.2, 0.25) is 6.41 Å². The van der Waals surface area contributed by atoms with E-state index < -0.39 is 0 Å². The third-order valence-corrected chi connectivity index (χ3v) is 3.73. The SMILES string of the molecule is O=CNc1ccc(CN2CCOCC2)c2ccccc12. The van der Waals surface area contributed by atoms with Crippen molar-refractivity contribution >= 4 is 22.9 Å². The molecule has 0 aromatic heterocycles. The number of carbonyl (C=O) groups is 1. The molecule has 3 rings (SSSR count). The highest BCUT2D eigenvalue weighted by molar-refractivity contribution is 5.99. The molecule has 1 aliphatic rings. The van der Waals surface area contributed by atoms with Gasteiger partial charge in [0.05, 0.1) is 13.2 Å². The van der Waals surface area contributed by atoms with Gasteiger partial charge in [-0.1, -0.05) is 30.3 Å². The van der Waals surface area contributed by atoms with Crippen LogP contribution < -0.4 is 5.32 Å². The predicted octanol–water partition coefficient (Wildman–Crippen LogP) is 2.24. The van der Waals surface area contributed by atoms with Crippen LogP contribution in [0.5, 0.6) is 0 Å². The van der Waals surface area contributed by atoms with Gasteiger partial charge in [0.1, 0.15) is 0 Å². The summed E-state index contributed by atoms with van der Waals surface area (Å²) in [7, 11) is 0. The van der Waals surface area contributed by atoms with Crippen molar-refractivity contribution in [3.05, 3.63) is 42.0 Å². The largest absolute Gasteiger partial charge is 0.379 e. The smallest absolute Gasteiger partial charge is 0.211 e. The number of amides is 1. The van der Waals surface area contributed by atoms with Gasteiger partial charge in [0.25, 0.3) is 0 Å². The van der Waals surface area contributed by atoms with Gasteiger partial charge in [-0.05, 0) is 17.0 Å². The molecule has 0 saturated carbocycles. The number of ether oxygens (including phenoxy) is 1. The molecule has 2 aromatic rings. The van der Waals surface area contributed by atoms with E-state index in [0.717, 1.165) is 50.3 Å². The molecule has 0 spiro atoms. The molecular formula is C16H18N2O2. The fourth-order valence-electron chi connectivity index (χ4n) is 2.69. The minimum absolute atomic E-state index is 0.726. The molecule has 4 heteroatoms. The van der Waals surface area contributed by atoms with Crippen LogP contribution in [0.15, 0.2) is 36.4 Å². The Morgan fingerprint density at radius 2 is 1.85 bits per heavy atom.